The average molecular weight is 298 g/mol. The van der Waals surface area contributed by atoms with Crippen molar-refractivity contribution in [3.63, 3.8) is 0 Å². The summed E-state index contributed by atoms with van der Waals surface area (Å²) in [6.45, 7) is 5.18. The maximum absolute atomic E-state index is 12.3. The van der Waals surface area contributed by atoms with Gasteiger partial charge in [0.25, 0.3) is 11.6 Å². The van der Waals surface area contributed by atoms with Crippen LogP contribution in [0.5, 0.6) is 0 Å². The Morgan fingerprint density at radius 3 is 2.18 bits per heavy atom. The summed E-state index contributed by atoms with van der Waals surface area (Å²) in [5.74, 6) is -0.238. The van der Waals surface area contributed by atoms with E-state index < -0.39 is 4.92 Å². The van der Waals surface area contributed by atoms with E-state index in [4.69, 9.17) is 0 Å². The molecule has 0 fully saturated rings. The van der Waals surface area contributed by atoms with Gasteiger partial charge >= 0.3 is 0 Å². The van der Waals surface area contributed by atoms with Crippen LogP contribution >= 0.6 is 0 Å². The van der Waals surface area contributed by atoms with Crippen LogP contribution in [0.4, 0.5) is 5.69 Å². The predicted molar refractivity (Wildman–Crippen MR) is 84.9 cm³/mol. The predicted octanol–water partition coefficient (Wildman–Crippen LogP) is 3.70. The molecule has 5 nitrogen and oxygen atoms in total. The van der Waals surface area contributed by atoms with Gasteiger partial charge in [-0.1, -0.05) is 30.3 Å². The number of nitrogens with zero attached hydrogens (tertiary/aromatic N) is 1. The van der Waals surface area contributed by atoms with Crippen LogP contribution in [0.2, 0.25) is 0 Å². The molecule has 0 bridgehead atoms. The van der Waals surface area contributed by atoms with E-state index in [0.29, 0.717) is 16.7 Å². The van der Waals surface area contributed by atoms with Crippen LogP contribution < -0.4 is 5.32 Å². The molecule has 0 radical (unpaired) electrons. The highest BCUT2D eigenvalue weighted by atomic mass is 16.6. The van der Waals surface area contributed by atoms with Crippen molar-refractivity contribution in [3.8, 4) is 0 Å². The Morgan fingerprint density at radius 2 is 1.68 bits per heavy atom. The topological polar surface area (TPSA) is 72.2 Å². The second-order valence-corrected chi connectivity index (χ2v) is 5.32. The Balaban J connectivity index is 2.22. The van der Waals surface area contributed by atoms with Crippen LogP contribution in [0.15, 0.2) is 42.5 Å². The molecule has 114 valence electrons. The standard InChI is InChI=1S/C17H18N2O3/c1-11-9-15(10-12(2)16(11)19(21)22)17(20)18-13(3)14-7-5-4-6-8-14/h4-10,13H,1-3H3,(H,18,20)/t13-/m0/s1. The summed E-state index contributed by atoms with van der Waals surface area (Å²) in [6.07, 6.45) is 0. The molecule has 0 aliphatic rings. The number of nitro benzene ring substituents is 1. The zero-order chi connectivity index (χ0) is 16.3. The first kappa shape index (κ1) is 15.7. The summed E-state index contributed by atoms with van der Waals surface area (Å²) in [6, 6.07) is 12.6. The van der Waals surface area contributed by atoms with Crippen LogP contribution in [0.3, 0.4) is 0 Å². The lowest BCUT2D eigenvalue weighted by atomic mass is 10.0. The van der Waals surface area contributed by atoms with Gasteiger partial charge in [-0.15, -0.1) is 0 Å². The molecule has 0 unspecified atom stereocenters. The molecule has 0 aliphatic carbocycles. The highest BCUT2D eigenvalue weighted by molar-refractivity contribution is 5.95. The summed E-state index contributed by atoms with van der Waals surface area (Å²) in [4.78, 5) is 22.9. The molecule has 22 heavy (non-hydrogen) atoms. The van der Waals surface area contributed by atoms with Crippen molar-refractivity contribution in [2.24, 2.45) is 0 Å². The first-order valence-electron chi connectivity index (χ1n) is 7.01. The van der Waals surface area contributed by atoms with Crippen LogP contribution in [-0.4, -0.2) is 10.8 Å². The van der Waals surface area contributed by atoms with Gasteiger partial charge in [0, 0.05) is 16.7 Å². The fraction of sp³-hybridized carbons (Fsp3) is 0.235. The number of hydrogen-bond acceptors (Lipinski definition) is 3. The number of nitrogens with one attached hydrogen (secondary N) is 1. The SMILES string of the molecule is Cc1cc(C(=O)N[C@@H](C)c2ccccc2)cc(C)c1[N+](=O)[O-]. The van der Waals surface area contributed by atoms with Gasteiger partial charge in [0.05, 0.1) is 11.0 Å². The van der Waals surface area contributed by atoms with Gasteiger partial charge in [-0.2, -0.15) is 0 Å². The maximum atomic E-state index is 12.3. The van der Waals surface area contributed by atoms with Crippen molar-refractivity contribution in [2.75, 3.05) is 0 Å². The van der Waals surface area contributed by atoms with E-state index in [1.807, 2.05) is 37.3 Å². The zero-order valence-electron chi connectivity index (χ0n) is 12.8. The molecule has 2 aromatic carbocycles. The zero-order valence-corrected chi connectivity index (χ0v) is 12.8. The minimum Gasteiger partial charge on any atom is -0.346 e. The summed E-state index contributed by atoms with van der Waals surface area (Å²) in [5.41, 5.74) is 2.48. The summed E-state index contributed by atoms with van der Waals surface area (Å²) < 4.78 is 0. The van der Waals surface area contributed by atoms with Gasteiger partial charge in [-0.25, -0.2) is 0 Å². The van der Waals surface area contributed by atoms with E-state index in [2.05, 4.69) is 5.32 Å². The van der Waals surface area contributed by atoms with Gasteiger partial charge in [0.15, 0.2) is 0 Å². The Kier molecular flexibility index (Phi) is 4.56. The quantitative estimate of drug-likeness (QED) is 0.691. The molecule has 1 N–H and O–H groups in total. The van der Waals surface area contributed by atoms with Gasteiger partial charge in [-0.05, 0) is 38.5 Å². The number of benzene rings is 2. The van der Waals surface area contributed by atoms with E-state index in [1.54, 1.807) is 26.0 Å². The van der Waals surface area contributed by atoms with E-state index in [9.17, 15) is 14.9 Å². The number of rotatable bonds is 4. The molecule has 1 amide bonds. The normalized spacial score (nSPS) is 11.8. The van der Waals surface area contributed by atoms with E-state index in [-0.39, 0.29) is 17.6 Å². The van der Waals surface area contributed by atoms with Crippen LogP contribution in [0.1, 0.15) is 40.0 Å². The summed E-state index contributed by atoms with van der Waals surface area (Å²) >= 11 is 0. The van der Waals surface area contributed by atoms with Crippen molar-refractivity contribution >= 4 is 11.6 Å². The van der Waals surface area contributed by atoms with Crippen molar-refractivity contribution in [1.82, 2.24) is 5.32 Å². The Labute approximate surface area is 129 Å². The molecule has 0 aromatic heterocycles. The number of hydrogen-bond donors (Lipinski definition) is 1. The third kappa shape index (κ3) is 3.31. The van der Waals surface area contributed by atoms with Crippen molar-refractivity contribution in [1.29, 1.82) is 0 Å². The van der Waals surface area contributed by atoms with Crippen molar-refractivity contribution < 1.29 is 9.72 Å². The molecular weight excluding hydrogens is 280 g/mol. The lowest BCUT2D eigenvalue weighted by Gasteiger charge is -2.15. The molecule has 0 heterocycles. The molecule has 0 spiro atoms. The lowest BCUT2D eigenvalue weighted by Crippen LogP contribution is -2.26. The minimum absolute atomic E-state index is 0.0626. The fourth-order valence-corrected chi connectivity index (χ4v) is 2.48. The van der Waals surface area contributed by atoms with Crippen molar-refractivity contribution in [3.05, 3.63) is 74.8 Å². The van der Waals surface area contributed by atoms with E-state index in [1.165, 1.54) is 0 Å². The molecule has 2 aromatic rings. The molecule has 0 aliphatic heterocycles. The third-order valence-electron chi connectivity index (χ3n) is 3.58. The number of aryl methyl sites for hydroxylation is 2. The monoisotopic (exact) mass is 298 g/mol. The fourth-order valence-electron chi connectivity index (χ4n) is 2.48. The minimum atomic E-state index is -0.418. The van der Waals surface area contributed by atoms with Crippen LogP contribution in [0, 0.1) is 24.0 Å². The second kappa shape index (κ2) is 6.39. The van der Waals surface area contributed by atoms with Gasteiger partial charge in [0.2, 0.25) is 0 Å². The maximum Gasteiger partial charge on any atom is 0.275 e. The number of carbonyl (C=O) groups excluding carboxylic acids is 1. The smallest absolute Gasteiger partial charge is 0.275 e. The van der Waals surface area contributed by atoms with Gasteiger partial charge < -0.3 is 5.32 Å². The van der Waals surface area contributed by atoms with Crippen LogP contribution in [0.25, 0.3) is 0 Å². The molecule has 0 saturated heterocycles. The number of nitro groups is 1. The molecule has 0 saturated carbocycles. The summed E-state index contributed by atoms with van der Waals surface area (Å²) in [7, 11) is 0. The Bertz CT molecular complexity index is 688. The van der Waals surface area contributed by atoms with Crippen LogP contribution in [-0.2, 0) is 0 Å². The van der Waals surface area contributed by atoms with Gasteiger partial charge in [0.1, 0.15) is 0 Å². The lowest BCUT2D eigenvalue weighted by molar-refractivity contribution is -0.386. The Morgan fingerprint density at radius 1 is 1.14 bits per heavy atom. The molecule has 5 heteroatoms. The molecule has 2 rings (SSSR count). The average Bonchev–Trinajstić information content (AvgIpc) is 2.46. The summed E-state index contributed by atoms with van der Waals surface area (Å²) in [5, 5.41) is 13.9. The second-order valence-electron chi connectivity index (χ2n) is 5.32. The Hall–Kier alpha value is -2.69. The first-order chi connectivity index (χ1) is 10.4. The van der Waals surface area contributed by atoms with E-state index in [0.717, 1.165) is 5.56 Å². The first-order valence-corrected chi connectivity index (χ1v) is 7.01. The van der Waals surface area contributed by atoms with Crippen molar-refractivity contribution in [2.45, 2.75) is 26.8 Å². The third-order valence-corrected chi connectivity index (χ3v) is 3.58. The number of amides is 1. The van der Waals surface area contributed by atoms with Gasteiger partial charge in [-0.3, -0.25) is 14.9 Å². The molecular formula is C17H18N2O3. The number of carbonyl (C=O) groups is 1. The van der Waals surface area contributed by atoms with E-state index >= 15 is 0 Å². The highest BCUT2D eigenvalue weighted by Gasteiger charge is 2.19. The molecule has 1 atom stereocenters. The largest absolute Gasteiger partial charge is 0.346 e. The highest BCUT2D eigenvalue weighted by Crippen LogP contribution is 2.24.